The number of nitrogens with one attached hydrogen (secondary N) is 2. The molecule has 0 radical (unpaired) electrons. The van der Waals surface area contributed by atoms with Crippen LogP contribution in [-0.4, -0.2) is 40.5 Å². The second-order valence-corrected chi connectivity index (χ2v) is 12.0. The largest absolute Gasteiger partial charge is 0.416 e. The Hall–Kier alpha value is -3.93. The van der Waals surface area contributed by atoms with E-state index < -0.39 is 23.4 Å². The van der Waals surface area contributed by atoms with Crippen LogP contribution in [0.3, 0.4) is 0 Å². The van der Waals surface area contributed by atoms with Crippen LogP contribution in [0.4, 0.5) is 13.2 Å². The number of hydrogen-bond acceptors (Lipinski definition) is 6. The first-order valence-corrected chi connectivity index (χ1v) is 13.9. The van der Waals surface area contributed by atoms with Crippen LogP contribution in [0.15, 0.2) is 58.6 Å². The Balaban J connectivity index is 1.62. The quantitative estimate of drug-likeness (QED) is 0.164. The maximum absolute atomic E-state index is 14.0. The number of alkyl halides is 3. The summed E-state index contributed by atoms with van der Waals surface area (Å²) < 4.78 is 39.6. The summed E-state index contributed by atoms with van der Waals surface area (Å²) in [5, 5.41) is 6.24. The Morgan fingerprint density at radius 2 is 1.69 bits per heavy atom. The van der Waals surface area contributed by atoms with E-state index in [4.69, 9.17) is 16.6 Å². The van der Waals surface area contributed by atoms with Gasteiger partial charge in [-0.1, -0.05) is 45.0 Å². The average molecular weight is 586 g/mol. The molecule has 2 aliphatic rings. The number of rotatable bonds is 7. The van der Waals surface area contributed by atoms with Crippen LogP contribution in [0, 0.1) is 11.3 Å². The number of aliphatic imine (C=N–C) groups is 1. The molecule has 12 heteroatoms. The van der Waals surface area contributed by atoms with Crippen molar-refractivity contribution in [3.8, 4) is 0 Å². The van der Waals surface area contributed by atoms with Gasteiger partial charge in [-0.25, -0.2) is 11.4 Å². The number of carbonyl (C=O) groups is 2. The van der Waals surface area contributed by atoms with Crippen molar-refractivity contribution in [1.29, 1.82) is 0 Å². The van der Waals surface area contributed by atoms with Gasteiger partial charge in [0.1, 0.15) is 17.2 Å². The predicted molar refractivity (Wildman–Crippen MR) is 155 cm³/mol. The first-order chi connectivity index (χ1) is 19.7. The van der Waals surface area contributed by atoms with Gasteiger partial charge in [0.15, 0.2) is 0 Å². The molecule has 226 valence electrons. The third-order valence-electron chi connectivity index (χ3n) is 8.37. The Labute approximate surface area is 243 Å². The van der Waals surface area contributed by atoms with E-state index in [0.717, 1.165) is 30.5 Å². The minimum absolute atomic E-state index is 0.00557. The van der Waals surface area contributed by atoms with Gasteiger partial charge in [0.2, 0.25) is 0 Å². The van der Waals surface area contributed by atoms with E-state index in [1.54, 1.807) is 29.2 Å². The second-order valence-electron chi connectivity index (χ2n) is 12.0. The number of hydrogen-bond donors (Lipinski definition) is 4. The van der Waals surface area contributed by atoms with Crippen molar-refractivity contribution in [3.05, 3.63) is 70.8 Å². The van der Waals surface area contributed by atoms with E-state index in [1.165, 1.54) is 12.1 Å². The Morgan fingerprint density at radius 3 is 2.21 bits per heavy atom. The number of hydrazone groups is 1. The van der Waals surface area contributed by atoms with Crippen molar-refractivity contribution in [2.45, 2.75) is 71.3 Å². The number of carbonyl (C=O) groups excluding carboxylic acids is 2. The van der Waals surface area contributed by atoms with E-state index >= 15 is 0 Å². The number of nitrogens with zero attached hydrogens (tertiary/aromatic N) is 3. The van der Waals surface area contributed by atoms with Gasteiger partial charge in [-0.3, -0.25) is 14.6 Å². The third-order valence-corrected chi connectivity index (χ3v) is 8.37. The van der Waals surface area contributed by atoms with Crippen molar-refractivity contribution in [2.24, 2.45) is 33.0 Å². The van der Waals surface area contributed by atoms with E-state index in [-0.39, 0.29) is 35.3 Å². The van der Waals surface area contributed by atoms with Crippen molar-refractivity contribution < 1.29 is 22.8 Å². The molecule has 2 amide bonds. The molecule has 0 aromatic heterocycles. The maximum atomic E-state index is 14.0. The van der Waals surface area contributed by atoms with E-state index in [0.29, 0.717) is 29.9 Å². The Bertz CT molecular complexity index is 1360. The topological polar surface area (TPSA) is 138 Å². The molecule has 1 atom stereocenters. The van der Waals surface area contributed by atoms with Crippen molar-refractivity contribution >= 4 is 23.4 Å². The van der Waals surface area contributed by atoms with Crippen LogP contribution in [0.5, 0.6) is 0 Å². The molecule has 1 aliphatic carbocycles. The maximum Gasteiger partial charge on any atom is 0.416 e. The summed E-state index contributed by atoms with van der Waals surface area (Å²) in [6.07, 6.45) is -1.44. The van der Waals surface area contributed by atoms with Crippen LogP contribution in [0.25, 0.3) is 0 Å². The molecule has 4 rings (SSSR count). The fraction of sp³-hybridized carbons (Fsp3) is 0.467. The Morgan fingerprint density at radius 1 is 1.10 bits per heavy atom. The number of amidine groups is 1. The summed E-state index contributed by atoms with van der Waals surface area (Å²) in [6, 6.07) is 11.1. The Kier molecular flexibility index (Phi) is 8.68. The van der Waals surface area contributed by atoms with E-state index in [9.17, 15) is 22.8 Å². The molecule has 1 fully saturated rings. The molecule has 0 bridgehead atoms. The molecule has 1 unspecified atom stereocenters. The molecule has 1 spiro atoms. The van der Waals surface area contributed by atoms with Crippen LogP contribution in [-0.2, 0) is 11.0 Å². The smallest absolute Gasteiger partial charge is 0.384 e. The lowest BCUT2D eigenvalue weighted by atomic mass is 9.69. The summed E-state index contributed by atoms with van der Waals surface area (Å²) in [5.41, 5.74) is 7.95. The van der Waals surface area contributed by atoms with Gasteiger partial charge >= 0.3 is 6.18 Å². The molecule has 42 heavy (non-hydrogen) atoms. The van der Waals surface area contributed by atoms with Crippen molar-refractivity contribution in [1.82, 2.24) is 15.8 Å². The van der Waals surface area contributed by atoms with Crippen LogP contribution in [0.2, 0.25) is 0 Å². The lowest BCUT2D eigenvalue weighted by molar-refractivity contribution is -0.137. The first-order valence-electron chi connectivity index (χ1n) is 13.9. The van der Waals surface area contributed by atoms with Gasteiger partial charge < -0.3 is 16.0 Å². The van der Waals surface area contributed by atoms with Gasteiger partial charge in [0.25, 0.3) is 11.8 Å². The van der Waals surface area contributed by atoms with Gasteiger partial charge in [0, 0.05) is 11.1 Å². The number of halogens is 3. The van der Waals surface area contributed by atoms with Crippen LogP contribution in [0.1, 0.15) is 86.5 Å². The molecule has 2 aromatic carbocycles. The number of amides is 2. The summed E-state index contributed by atoms with van der Waals surface area (Å²) >= 11 is 0. The normalized spacial score (nSPS) is 22.2. The van der Waals surface area contributed by atoms with Crippen LogP contribution < -0.4 is 22.4 Å². The van der Waals surface area contributed by atoms with Crippen molar-refractivity contribution in [2.75, 3.05) is 6.54 Å². The fourth-order valence-corrected chi connectivity index (χ4v) is 5.91. The van der Waals surface area contributed by atoms with Crippen LogP contribution >= 0.6 is 0 Å². The molecule has 1 saturated carbocycles. The van der Waals surface area contributed by atoms with Crippen molar-refractivity contribution in [3.63, 3.8) is 0 Å². The van der Waals surface area contributed by atoms with Gasteiger partial charge in [-0.2, -0.15) is 18.3 Å². The second kappa shape index (κ2) is 11.7. The van der Waals surface area contributed by atoms with E-state index in [2.05, 4.69) is 36.7 Å². The summed E-state index contributed by atoms with van der Waals surface area (Å²) in [4.78, 5) is 33.3. The number of nitrogens with two attached hydrogens (primary N) is 2. The lowest BCUT2D eigenvalue weighted by Gasteiger charge is -2.46. The van der Waals surface area contributed by atoms with Gasteiger partial charge in [-0.15, -0.1) is 0 Å². The minimum atomic E-state index is -4.47. The highest BCUT2D eigenvalue weighted by atomic mass is 19.4. The number of hydrazine groups is 1. The highest BCUT2D eigenvalue weighted by Crippen LogP contribution is 2.49. The average Bonchev–Trinajstić information content (AvgIpc) is 3.21. The minimum Gasteiger partial charge on any atom is -0.384 e. The highest BCUT2D eigenvalue weighted by Gasteiger charge is 2.52. The zero-order valence-corrected chi connectivity index (χ0v) is 24.3. The number of benzene rings is 2. The predicted octanol–water partition coefficient (Wildman–Crippen LogP) is 4.50. The third kappa shape index (κ3) is 6.43. The molecule has 2 aromatic rings. The lowest BCUT2D eigenvalue weighted by Crippen LogP contribution is -2.50. The monoisotopic (exact) mass is 585 g/mol. The summed E-state index contributed by atoms with van der Waals surface area (Å²) in [7, 11) is 0. The first kappa shape index (κ1) is 31.0. The molecule has 0 saturated heterocycles. The molecule has 6 N–H and O–H groups in total. The molecule has 9 nitrogen and oxygen atoms in total. The zero-order chi connectivity index (χ0) is 30.9. The van der Waals surface area contributed by atoms with Gasteiger partial charge in [0.05, 0.1) is 18.2 Å². The summed E-state index contributed by atoms with van der Waals surface area (Å²) in [6.45, 7) is 8.54. The molecule has 1 aliphatic heterocycles. The van der Waals surface area contributed by atoms with Gasteiger partial charge in [-0.05, 0) is 73.8 Å². The highest BCUT2D eigenvalue weighted by molar-refractivity contribution is 6.46. The van der Waals surface area contributed by atoms with E-state index in [1.807, 2.05) is 6.92 Å². The standard InChI is InChI=1S/C30H38F3N7O2/c1-18(19-5-7-21(8-6-19)26(41)36-17-24(34)38-39-35)40-27(42)25(20-9-11-23(12-10-20)30(31,32)33)37-29(40)15-13-22(14-16-29)28(2,3)4/h5-12,18,22,39H,13-17,35H2,1-4H3,(H2,34,38)(H,36,41). The fourth-order valence-electron chi connectivity index (χ4n) is 5.91. The molecular weight excluding hydrogens is 547 g/mol. The summed E-state index contributed by atoms with van der Waals surface area (Å²) in [5.74, 6) is 4.98. The molecular formula is C30H38F3N7O2. The molecule has 1 heterocycles. The SMILES string of the molecule is CC(c1ccc(C(=O)NC/C(N)=N/NN)cc1)N1C(=O)C(c2ccc(C(F)(F)F)cc2)=NC12CCC(C(C)(C)C)CC2. The zero-order valence-electron chi connectivity index (χ0n) is 24.3.